The van der Waals surface area contributed by atoms with Gasteiger partial charge in [0.25, 0.3) is 0 Å². The molecule has 0 bridgehead atoms. The van der Waals surface area contributed by atoms with E-state index in [1.807, 2.05) is 36.4 Å². The first-order valence-electron chi connectivity index (χ1n) is 13.7. The number of aryl methyl sites for hydroxylation is 4. The highest BCUT2D eigenvalue weighted by Crippen LogP contribution is 2.38. The summed E-state index contributed by atoms with van der Waals surface area (Å²) >= 11 is 0. The number of benzene rings is 5. The van der Waals surface area contributed by atoms with Gasteiger partial charge in [0.2, 0.25) is 0 Å². The Hall–Kier alpha value is -4.42. The lowest BCUT2D eigenvalue weighted by atomic mass is 9.86. The third-order valence-corrected chi connectivity index (χ3v) is 7.15. The highest BCUT2D eigenvalue weighted by atomic mass is 14.2. The summed E-state index contributed by atoms with van der Waals surface area (Å²) in [5, 5.41) is 2.54. The Kier molecular flexibility index (Phi) is 9.48. The number of hydrogen-bond acceptors (Lipinski definition) is 0. The lowest BCUT2D eigenvalue weighted by Crippen LogP contribution is -1.94. The summed E-state index contributed by atoms with van der Waals surface area (Å²) in [5.74, 6) is 0. The highest BCUT2D eigenvalue weighted by molar-refractivity contribution is 6.05. The van der Waals surface area contributed by atoms with E-state index in [-0.39, 0.29) is 0 Å². The lowest BCUT2D eigenvalue weighted by molar-refractivity contribution is 0.984. The van der Waals surface area contributed by atoms with Crippen molar-refractivity contribution in [3.8, 4) is 11.1 Å². The van der Waals surface area contributed by atoms with Crippen molar-refractivity contribution in [1.82, 2.24) is 0 Å². The lowest BCUT2D eigenvalue weighted by Gasteiger charge is -2.17. The Balaban J connectivity index is 0.000000162. The molecule has 0 saturated carbocycles. The minimum Gasteiger partial charge on any atom is -0.0984 e. The van der Waals surface area contributed by atoms with Crippen LogP contribution in [0.3, 0.4) is 0 Å². The molecule has 0 nitrogen and oxygen atoms in total. The van der Waals surface area contributed by atoms with Gasteiger partial charge in [-0.25, -0.2) is 0 Å². The van der Waals surface area contributed by atoms with Crippen LogP contribution in [0.15, 0.2) is 122 Å². The smallest absolute Gasteiger partial charge is 0.00268 e. The minimum atomic E-state index is 1.16. The van der Waals surface area contributed by atoms with E-state index in [1.165, 1.54) is 68.1 Å². The van der Waals surface area contributed by atoms with Crippen molar-refractivity contribution in [3.63, 3.8) is 0 Å². The molecule has 0 saturated heterocycles. The molecule has 1 aliphatic carbocycles. The maximum absolute atomic E-state index is 4.03. The van der Waals surface area contributed by atoms with Crippen molar-refractivity contribution in [1.29, 1.82) is 0 Å². The van der Waals surface area contributed by atoms with E-state index in [0.29, 0.717) is 0 Å². The third-order valence-electron chi connectivity index (χ3n) is 7.15. The van der Waals surface area contributed by atoms with Crippen LogP contribution in [0.4, 0.5) is 0 Å². The fourth-order valence-electron chi connectivity index (χ4n) is 5.13. The van der Waals surface area contributed by atoms with Gasteiger partial charge in [0.1, 0.15) is 0 Å². The molecule has 0 aromatic heterocycles. The van der Waals surface area contributed by atoms with Gasteiger partial charge in [-0.15, -0.1) is 0 Å². The number of fused-ring (bicyclic) bond motifs is 2. The number of rotatable bonds is 3. The maximum atomic E-state index is 4.03. The molecule has 5 aromatic carbocycles. The second-order valence-corrected chi connectivity index (χ2v) is 9.95. The van der Waals surface area contributed by atoms with Crippen molar-refractivity contribution in [2.45, 2.75) is 33.6 Å². The van der Waals surface area contributed by atoms with Crippen LogP contribution < -0.4 is 0 Å². The van der Waals surface area contributed by atoms with Crippen molar-refractivity contribution in [3.05, 3.63) is 161 Å². The minimum absolute atomic E-state index is 1.16. The van der Waals surface area contributed by atoms with Gasteiger partial charge in [0.05, 0.1) is 0 Å². The van der Waals surface area contributed by atoms with Gasteiger partial charge in [-0.05, 0) is 83.3 Å². The molecular weight excluding hydrogens is 468 g/mol. The Morgan fingerprint density at radius 2 is 1.23 bits per heavy atom. The van der Waals surface area contributed by atoms with Gasteiger partial charge in [-0.3, -0.25) is 0 Å². The molecule has 0 spiro atoms. The van der Waals surface area contributed by atoms with Gasteiger partial charge in [0.15, 0.2) is 0 Å². The average Bonchev–Trinajstić information content (AvgIpc) is 2.98. The van der Waals surface area contributed by atoms with Crippen molar-refractivity contribution in [2.24, 2.45) is 0 Å². The fourth-order valence-corrected chi connectivity index (χ4v) is 5.13. The predicted octanol–water partition coefficient (Wildman–Crippen LogP) is 11.1. The normalized spacial score (nSPS) is 11.4. The van der Waals surface area contributed by atoms with Crippen molar-refractivity contribution in [2.75, 3.05) is 0 Å². The van der Waals surface area contributed by atoms with E-state index < -0.39 is 0 Å². The van der Waals surface area contributed by atoms with Gasteiger partial charge in [-0.1, -0.05) is 152 Å². The van der Waals surface area contributed by atoms with E-state index in [0.717, 1.165) is 5.56 Å². The molecule has 5 aromatic rings. The molecule has 6 rings (SSSR count). The molecule has 1 aliphatic rings. The first-order chi connectivity index (χ1) is 19.0. The molecule has 0 unspecified atom stereocenters. The van der Waals surface area contributed by atoms with Crippen LogP contribution >= 0.6 is 0 Å². The van der Waals surface area contributed by atoms with E-state index in [4.69, 9.17) is 0 Å². The molecule has 39 heavy (non-hydrogen) atoms. The number of hydrogen-bond donors (Lipinski definition) is 0. The summed E-state index contributed by atoms with van der Waals surface area (Å²) in [6.45, 7) is 14.4. The first-order valence-corrected chi connectivity index (χ1v) is 13.7. The Morgan fingerprint density at radius 1 is 0.615 bits per heavy atom. The molecule has 0 aliphatic heterocycles. The van der Waals surface area contributed by atoms with E-state index in [2.05, 4.69) is 125 Å². The van der Waals surface area contributed by atoms with Gasteiger partial charge in [0, 0.05) is 0 Å². The van der Waals surface area contributed by atoms with Crippen molar-refractivity contribution < 1.29 is 0 Å². The van der Waals surface area contributed by atoms with Crippen LogP contribution in [0.25, 0.3) is 40.1 Å². The summed E-state index contributed by atoms with van der Waals surface area (Å²) in [6, 6.07) is 36.0. The zero-order chi connectivity index (χ0) is 27.6. The molecule has 0 N–H and O–H groups in total. The molecule has 0 atom stereocenters. The van der Waals surface area contributed by atoms with Crippen LogP contribution in [0.5, 0.6) is 0 Å². The molecule has 0 fully saturated rings. The summed E-state index contributed by atoms with van der Waals surface area (Å²) < 4.78 is 0. The second kappa shape index (κ2) is 13.4. The van der Waals surface area contributed by atoms with Crippen LogP contribution in [0, 0.1) is 20.8 Å². The third kappa shape index (κ3) is 6.72. The zero-order valence-corrected chi connectivity index (χ0v) is 23.5. The standard InChI is InChI=1S/C21H18.C11H12.C7H8/c1-4-17-15(3)19-13-9-10-14-20(19)21(18(17)5-2)16-11-7-6-8-12-16;1-9-6-7-10-4-2-3-5-11(10)8-9;1-7-5-3-2-4-6-7/h4-14H,1-2H2,3H3;3,5-8H,2,4H2,1H3;2-6H,1H3. The van der Waals surface area contributed by atoms with E-state index in [1.54, 1.807) is 0 Å². The molecule has 0 radical (unpaired) electrons. The summed E-state index contributed by atoms with van der Waals surface area (Å²) in [7, 11) is 0. The maximum Gasteiger partial charge on any atom is -0.00268 e. The summed E-state index contributed by atoms with van der Waals surface area (Å²) in [4.78, 5) is 0. The molecule has 194 valence electrons. The number of allylic oxidation sites excluding steroid dienone is 1. The summed E-state index contributed by atoms with van der Waals surface area (Å²) in [6.07, 6.45) is 10.8. The predicted molar refractivity (Wildman–Crippen MR) is 174 cm³/mol. The van der Waals surface area contributed by atoms with E-state index >= 15 is 0 Å². The zero-order valence-electron chi connectivity index (χ0n) is 23.5. The van der Waals surface area contributed by atoms with Crippen LogP contribution in [-0.4, -0.2) is 0 Å². The monoisotopic (exact) mass is 506 g/mol. The second-order valence-electron chi connectivity index (χ2n) is 9.95. The van der Waals surface area contributed by atoms with Gasteiger partial charge < -0.3 is 0 Å². The molecule has 0 amide bonds. The Morgan fingerprint density at radius 3 is 1.85 bits per heavy atom. The quantitative estimate of drug-likeness (QED) is 0.228. The van der Waals surface area contributed by atoms with Crippen LogP contribution in [-0.2, 0) is 6.42 Å². The summed E-state index contributed by atoms with van der Waals surface area (Å²) in [5.41, 5.74) is 11.6. The SMILES string of the molecule is C=Cc1c(C=C)c(-c2ccccc2)c2ccccc2c1C.Cc1ccc2c(c1)C=CCC2.Cc1ccccc1. The topological polar surface area (TPSA) is 0 Å². The van der Waals surface area contributed by atoms with Gasteiger partial charge in [-0.2, -0.15) is 0 Å². The molecular formula is C39H38. The Labute approximate surface area is 234 Å². The van der Waals surface area contributed by atoms with E-state index in [9.17, 15) is 0 Å². The van der Waals surface area contributed by atoms with Crippen LogP contribution in [0.2, 0.25) is 0 Å². The fraction of sp³-hybridized carbons (Fsp3) is 0.128. The average molecular weight is 507 g/mol. The molecule has 0 heterocycles. The Bertz CT molecular complexity index is 1580. The first kappa shape index (κ1) is 27.6. The van der Waals surface area contributed by atoms with Gasteiger partial charge >= 0.3 is 0 Å². The molecule has 0 heteroatoms. The van der Waals surface area contributed by atoms with Crippen LogP contribution in [0.1, 0.15) is 45.4 Å². The largest absolute Gasteiger partial charge is 0.0984 e. The highest BCUT2D eigenvalue weighted by Gasteiger charge is 2.14. The van der Waals surface area contributed by atoms with Crippen molar-refractivity contribution >= 4 is 29.0 Å².